The first-order chi connectivity index (χ1) is 14.5. The molecule has 1 unspecified atom stereocenters. The highest BCUT2D eigenvalue weighted by Gasteiger charge is 2.11. The van der Waals surface area contributed by atoms with Crippen molar-refractivity contribution in [2.45, 2.75) is 43.5 Å². The molecular formula is C21H26ClF2NO3PS+. The quantitative estimate of drug-likeness (QED) is 0.191. The molecule has 0 fully saturated rings. The Balaban J connectivity index is 1.65. The maximum atomic E-state index is 14.4. The van der Waals surface area contributed by atoms with Crippen LogP contribution in [0.5, 0.6) is 0 Å². The topological polar surface area (TPSA) is 58.6 Å². The fraction of sp³-hybridized carbons (Fsp3) is 0.429. The van der Waals surface area contributed by atoms with E-state index in [-0.39, 0.29) is 18.2 Å². The van der Waals surface area contributed by atoms with Crippen molar-refractivity contribution in [3.05, 3.63) is 64.2 Å². The van der Waals surface area contributed by atoms with Gasteiger partial charge in [0.1, 0.15) is 18.2 Å². The van der Waals surface area contributed by atoms with E-state index < -0.39 is 8.25 Å². The summed E-state index contributed by atoms with van der Waals surface area (Å²) in [5.74, 6) is 0.305. The van der Waals surface area contributed by atoms with E-state index in [4.69, 9.17) is 16.5 Å². The first kappa shape index (κ1) is 25.2. The van der Waals surface area contributed by atoms with E-state index in [0.717, 1.165) is 37.0 Å². The van der Waals surface area contributed by atoms with Gasteiger partial charge in [0.05, 0.1) is 0 Å². The lowest BCUT2D eigenvalue weighted by Gasteiger charge is -2.10. The zero-order valence-electron chi connectivity index (χ0n) is 16.6. The third kappa shape index (κ3) is 9.82. The van der Waals surface area contributed by atoms with Gasteiger partial charge >= 0.3 is 8.25 Å². The van der Waals surface area contributed by atoms with Crippen molar-refractivity contribution >= 4 is 31.6 Å². The molecule has 0 aromatic heterocycles. The van der Waals surface area contributed by atoms with Gasteiger partial charge in [-0.2, -0.15) is 0 Å². The maximum Gasteiger partial charge on any atom is 0.694 e. The van der Waals surface area contributed by atoms with Crippen LogP contribution in [0.2, 0.25) is 5.02 Å². The van der Waals surface area contributed by atoms with Gasteiger partial charge in [0, 0.05) is 21.0 Å². The van der Waals surface area contributed by atoms with Crippen molar-refractivity contribution in [3.63, 3.8) is 0 Å². The van der Waals surface area contributed by atoms with Crippen molar-refractivity contribution in [1.29, 1.82) is 0 Å². The van der Waals surface area contributed by atoms with E-state index in [9.17, 15) is 13.3 Å². The van der Waals surface area contributed by atoms with Gasteiger partial charge in [-0.25, -0.2) is 8.78 Å². The van der Waals surface area contributed by atoms with Crippen LogP contribution in [-0.4, -0.2) is 23.8 Å². The highest BCUT2D eigenvalue weighted by atomic mass is 35.5. The summed E-state index contributed by atoms with van der Waals surface area (Å²) in [6.45, 7) is 1.16. The van der Waals surface area contributed by atoms with E-state index in [1.54, 1.807) is 6.07 Å². The molecule has 9 heteroatoms. The molecule has 4 nitrogen and oxygen atoms in total. The fourth-order valence-corrected chi connectivity index (χ4v) is 4.37. The predicted octanol–water partition coefficient (Wildman–Crippen LogP) is 6.27. The van der Waals surface area contributed by atoms with Gasteiger partial charge in [-0.15, -0.1) is 21.2 Å². The Morgan fingerprint density at radius 1 is 1.10 bits per heavy atom. The van der Waals surface area contributed by atoms with Crippen LogP contribution < -0.4 is 5.32 Å². The largest absolute Gasteiger partial charge is 0.694 e. The van der Waals surface area contributed by atoms with Gasteiger partial charge in [-0.05, 0) is 73.4 Å². The summed E-state index contributed by atoms with van der Waals surface area (Å²) >= 11 is 7.74. The summed E-state index contributed by atoms with van der Waals surface area (Å²) in [6, 6.07) is 9.69. The molecule has 0 aliphatic carbocycles. The molecule has 0 aliphatic rings. The van der Waals surface area contributed by atoms with Crippen LogP contribution in [-0.2, 0) is 22.1 Å². The van der Waals surface area contributed by atoms with E-state index >= 15 is 0 Å². The number of rotatable bonds is 14. The Kier molecular flexibility index (Phi) is 11.8. The minimum absolute atomic E-state index is 0.181. The van der Waals surface area contributed by atoms with Crippen LogP contribution in [0, 0.1) is 11.6 Å². The van der Waals surface area contributed by atoms with Crippen molar-refractivity contribution in [3.8, 4) is 0 Å². The van der Waals surface area contributed by atoms with Crippen LogP contribution in [0.3, 0.4) is 0 Å². The average Bonchev–Trinajstić information content (AvgIpc) is 2.71. The number of thioether (sulfide) groups is 1. The number of halogens is 3. The van der Waals surface area contributed by atoms with E-state index in [0.29, 0.717) is 35.0 Å². The number of benzene rings is 2. The summed E-state index contributed by atoms with van der Waals surface area (Å²) in [5, 5.41) is 3.62. The molecule has 0 radical (unpaired) electrons. The van der Waals surface area contributed by atoms with E-state index in [2.05, 4.69) is 9.84 Å². The molecule has 1 atom stereocenters. The van der Waals surface area contributed by atoms with Gasteiger partial charge < -0.3 is 5.32 Å². The Bertz CT molecular complexity index is 812. The second kappa shape index (κ2) is 14.1. The maximum absolute atomic E-state index is 14.4. The van der Waals surface area contributed by atoms with Gasteiger partial charge in [0.2, 0.25) is 0 Å². The monoisotopic (exact) mass is 476 g/mol. The van der Waals surface area contributed by atoms with Crippen LogP contribution in [0.1, 0.15) is 36.8 Å². The molecule has 0 saturated heterocycles. The Morgan fingerprint density at radius 3 is 2.60 bits per heavy atom. The average molecular weight is 477 g/mol. The molecule has 2 rings (SSSR count). The van der Waals surface area contributed by atoms with Gasteiger partial charge in [0.25, 0.3) is 0 Å². The zero-order chi connectivity index (χ0) is 21.8. The molecule has 0 aliphatic heterocycles. The molecule has 0 saturated carbocycles. The molecule has 2 aromatic carbocycles. The lowest BCUT2D eigenvalue weighted by molar-refractivity contribution is 0.276. The molecule has 0 heterocycles. The van der Waals surface area contributed by atoms with Crippen molar-refractivity contribution in [2.24, 2.45) is 0 Å². The summed E-state index contributed by atoms with van der Waals surface area (Å²) in [5.41, 5.74) is 1.80. The third-order valence-electron chi connectivity index (χ3n) is 4.40. The lowest BCUT2D eigenvalue weighted by Crippen LogP contribution is -2.16. The van der Waals surface area contributed by atoms with E-state index in [1.165, 1.54) is 30.0 Å². The second-order valence-corrected chi connectivity index (χ2v) is 9.04. The first-order valence-corrected chi connectivity index (χ1v) is 12.3. The normalized spacial score (nSPS) is 11.7. The Hall–Kier alpha value is -1.08. The zero-order valence-corrected chi connectivity index (χ0v) is 19.0. The minimum Gasteiger partial charge on any atom is -0.313 e. The fourth-order valence-electron chi connectivity index (χ4n) is 2.82. The minimum atomic E-state index is -2.56. The number of aryl methyl sites for hydroxylation is 1. The molecule has 2 aromatic rings. The number of hydrogen-bond acceptors (Lipinski definition) is 4. The van der Waals surface area contributed by atoms with Crippen molar-refractivity contribution in [2.75, 3.05) is 18.9 Å². The molecule has 0 amide bonds. The SMILES string of the molecule is O=[P+](O)OCCCNCc1cc(F)c(SCCCCCc2ccc(F)cc2)cc1Cl. The Labute approximate surface area is 186 Å². The molecular weight excluding hydrogens is 451 g/mol. The Morgan fingerprint density at radius 2 is 1.87 bits per heavy atom. The van der Waals surface area contributed by atoms with Crippen molar-refractivity contribution in [1.82, 2.24) is 5.32 Å². The standard InChI is InChI=1S/C21H25ClF2NO3PS/c22-19-14-21(20(24)13-17(19)15-25-10-4-11-28-29(26)27)30-12-3-1-2-5-16-6-8-18(23)9-7-16/h6-9,13-14,25H,1-5,10-12,15H2/p+1. The molecule has 164 valence electrons. The van der Waals surface area contributed by atoms with Gasteiger partial charge in [0.15, 0.2) is 0 Å². The highest BCUT2D eigenvalue weighted by Crippen LogP contribution is 2.29. The third-order valence-corrected chi connectivity index (χ3v) is 6.27. The van der Waals surface area contributed by atoms with E-state index in [1.807, 2.05) is 12.1 Å². The predicted molar refractivity (Wildman–Crippen MR) is 118 cm³/mol. The molecule has 0 bridgehead atoms. The van der Waals surface area contributed by atoms with Crippen LogP contribution in [0.15, 0.2) is 41.3 Å². The summed E-state index contributed by atoms with van der Waals surface area (Å²) < 4.78 is 42.2. The van der Waals surface area contributed by atoms with Gasteiger partial charge in [-0.3, -0.25) is 0 Å². The van der Waals surface area contributed by atoms with Crippen LogP contribution in [0.4, 0.5) is 8.78 Å². The summed E-state index contributed by atoms with van der Waals surface area (Å²) in [4.78, 5) is 9.08. The number of unbranched alkanes of at least 4 members (excludes halogenated alkanes) is 2. The highest BCUT2D eigenvalue weighted by molar-refractivity contribution is 7.99. The first-order valence-electron chi connectivity index (χ1n) is 9.80. The van der Waals surface area contributed by atoms with Crippen LogP contribution in [0.25, 0.3) is 0 Å². The molecule has 2 N–H and O–H groups in total. The smallest absolute Gasteiger partial charge is 0.313 e. The lowest BCUT2D eigenvalue weighted by atomic mass is 10.1. The number of nitrogens with one attached hydrogen (secondary N) is 1. The second-order valence-electron chi connectivity index (χ2n) is 6.76. The van der Waals surface area contributed by atoms with Gasteiger partial charge in [-0.1, -0.05) is 30.2 Å². The number of hydrogen-bond donors (Lipinski definition) is 2. The van der Waals surface area contributed by atoms with Crippen LogP contribution >= 0.6 is 31.6 Å². The molecule has 30 heavy (non-hydrogen) atoms. The van der Waals surface area contributed by atoms with Crippen molar-refractivity contribution < 1.29 is 22.8 Å². The summed E-state index contributed by atoms with van der Waals surface area (Å²) in [6.07, 6.45) is 4.48. The summed E-state index contributed by atoms with van der Waals surface area (Å²) in [7, 11) is -2.56. The molecule has 0 spiro atoms.